The third-order valence-corrected chi connectivity index (χ3v) is 7.86. The Labute approximate surface area is 194 Å². The number of aromatic nitrogens is 3. The number of nitrogens with zero attached hydrogens (tertiary/aromatic N) is 4. The van der Waals surface area contributed by atoms with Crippen LogP contribution in [0.25, 0.3) is 21.8 Å². The molecule has 1 aliphatic heterocycles. The molecule has 1 aromatic carbocycles. The summed E-state index contributed by atoms with van der Waals surface area (Å²) in [6.07, 6.45) is 1.66. The van der Waals surface area contributed by atoms with E-state index in [9.17, 15) is 8.42 Å². The topological polar surface area (TPSA) is 111 Å². The lowest BCUT2D eigenvalue weighted by molar-refractivity contribution is 0.122. The Morgan fingerprint density at radius 1 is 1.28 bits per heavy atom. The molecule has 8 nitrogen and oxygen atoms in total. The average Bonchev–Trinajstić information content (AvgIpc) is 3.20. The summed E-state index contributed by atoms with van der Waals surface area (Å²) in [6, 6.07) is 6.28. The van der Waals surface area contributed by atoms with Crippen LogP contribution in [0.5, 0.6) is 0 Å². The normalized spacial score (nSPS) is 15.7. The van der Waals surface area contributed by atoms with Crippen molar-refractivity contribution >= 4 is 38.1 Å². The highest BCUT2D eigenvalue weighted by Gasteiger charge is 2.29. The van der Waals surface area contributed by atoms with Crippen LogP contribution >= 0.6 is 22.9 Å². The summed E-state index contributed by atoms with van der Waals surface area (Å²) in [4.78, 5) is 15.6. The number of primary sulfonamides is 1. The molecule has 3 heterocycles. The highest BCUT2D eigenvalue weighted by Crippen LogP contribution is 2.42. The zero-order valence-corrected chi connectivity index (χ0v) is 19.6. The number of benzene rings is 1. The quantitative estimate of drug-likeness (QED) is 0.517. The first-order valence-electron chi connectivity index (χ1n) is 9.92. The molecule has 1 aliphatic rings. The van der Waals surface area contributed by atoms with Crippen molar-refractivity contribution in [2.75, 3.05) is 31.2 Å². The first-order valence-corrected chi connectivity index (χ1v) is 12.7. The van der Waals surface area contributed by atoms with Crippen molar-refractivity contribution < 1.29 is 17.5 Å². The van der Waals surface area contributed by atoms with E-state index >= 15 is 4.39 Å². The van der Waals surface area contributed by atoms with Gasteiger partial charge in [-0.3, -0.25) is 0 Å². The van der Waals surface area contributed by atoms with Crippen molar-refractivity contribution in [3.63, 3.8) is 0 Å². The Bertz CT molecular complexity index is 1230. The molecule has 1 atom stereocenters. The maximum Gasteiger partial charge on any atom is 0.222 e. The number of halogens is 2. The predicted octanol–water partition coefficient (Wildman–Crippen LogP) is 3.64. The highest BCUT2D eigenvalue weighted by atomic mass is 35.5. The molecule has 2 aromatic heterocycles. The Kier molecular flexibility index (Phi) is 6.72. The van der Waals surface area contributed by atoms with E-state index in [1.165, 1.54) is 23.6 Å². The molecule has 0 radical (unpaired) electrons. The molecule has 12 heteroatoms. The van der Waals surface area contributed by atoms with Crippen molar-refractivity contribution in [2.24, 2.45) is 5.14 Å². The summed E-state index contributed by atoms with van der Waals surface area (Å²) in [7, 11) is -3.99. The number of ether oxygens (including phenoxy) is 1. The average molecular weight is 498 g/mol. The van der Waals surface area contributed by atoms with E-state index in [0.717, 1.165) is 0 Å². The van der Waals surface area contributed by atoms with E-state index in [2.05, 4.69) is 14.9 Å². The first-order chi connectivity index (χ1) is 15.3. The van der Waals surface area contributed by atoms with Crippen molar-refractivity contribution in [2.45, 2.75) is 18.6 Å². The van der Waals surface area contributed by atoms with E-state index in [0.29, 0.717) is 47.7 Å². The molecule has 1 unspecified atom stereocenters. The molecule has 1 saturated heterocycles. The smallest absolute Gasteiger partial charge is 0.222 e. The van der Waals surface area contributed by atoms with Gasteiger partial charge in [0.15, 0.2) is 5.13 Å². The van der Waals surface area contributed by atoms with E-state index in [1.807, 2.05) is 0 Å². The zero-order valence-electron chi connectivity index (χ0n) is 17.2. The van der Waals surface area contributed by atoms with Crippen LogP contribution in [0.2, 0.25) is 5.28 Å². The van der Waals surface area contributed by atoms with Gasteiger partial charge < -0.3 is 9.64 Å². The van der Waals surface area contributed by atoms with Crippen molar-refractivity contribution in [1.82, 2.24) is 15.0 Å². The Morgan fingerprint density at radius 3 is 2.69 bits per heavy atom. The Balaban J connectivity index is 1.89. The van der Waals surface area contributed by atoms with Crippen LogP contribution in [0.1, 0.15) is 24.2 Å². The van der Waals surface area contributed by atoms with Crippen LogP contribution in [0, 0.1) is 5.82 Å². The lowest BCUT2D eigenvalue weighted by Crippen LogP contribution is -2.36. The molecule has 4 rings (SSSR count). The third kappa shape index (κ3) is 4.62. The lowest BCUT2D eigenvalue weighted by Gasteiger charge is -2.26. The van der Waals surface area contributed by atoms with Crippen LogP contribution in [0.3, 0.4) is 0 Å². The number of rotatable bonds is 6. The number of morpholine rings is 1. The molecule has 0 bridgehead atoms. The summed E-state index contributed by atoms with van der Waals surface area (Å²) in [6.45, 7) is 4.10. The number of hydrogen-bond donors (Lipinski definition) is 1. The van der Waals surface area contributed by atoms with Crippen LogP contribution in [0.4, 0.5) is 9.52 Å². The van der Waals surface area contributed by atoms with Gasteiger partial charge in [0.05, 0.1) is 29.5 Å². The Morgan fingerprint density at radius 2 is 2.03 bits per heavy atom. The maximum atomic E-state index is 15.7. The van der Waals surface area contributed by atoms with Crippen molar-refractivity contribution in [3.8, 4) is 21.8 Å². The minimum absolute atomic E-state index is 0.0140. The van der Waals surface area contributed by atoms with Gasteiger partial charge >= 0.3 is 0 Å². The van der Waals surface area contributed by atoms with Crippen LogP contribution in [0.15, 0.2) is 30.5 Å². The second-order valence-electron chi connectivity index (χ2n) is 7.18. The van der Waals surface area contributed by atoms with E-state index in [4.69, 9.17) is 26.5 Å². The number of sulfonamides is 1. The van der Waals surface area contributed by atoms with Gasteiger partial charge in [0.2, 0.25) is 15.3 Å². The van der Waals surface area contributed by atoms with Gasteiger partial charge in [0.25, 0.3) is 0 Å². The standard InChI is InChI=1S/C20H21ClFN5O3S2/c1-2-15(32(23,28)29)12-4-3-5-13(16(12)22)17-18(14-6-7-24-19(21)25-14)31-20(26-17)27-8-10-30-11-9-27/h3-7,15H,2,8-11H2,1H3,(H2,23,28,29). The lowest BCUT2D eigenvalue weighted by atomic mass is 10.0. The van der Waals surface area contributed by atoms with E-state index in [1.54, 1.807) is 25.1 Å². The zero-order chi connectivity index (χ0) is 22.9. The number of nitrogens with two attached hydrogens (primary N) is 1. The van der Waals surface area contributed by atoms with Gasteiger partial charge in [-0.15, -0.1) is 0 Å². The molecule has 170 valence electrons. The summed E-state index contributed by atoms with van der Waals surface area (Å²) in [5.41, 5.74) is 1.04. The fourth-order valence-electron chi connectivity index (χ4n) is 3.63. The molecule has 1 fully saturated rings. The predicted molar refractivity (Wildman–Crippen MR) is 123 cm³/mol. The van der Waals surface area contributed by atoms with Gasteiger partial charge in [-0.05, 0) is 30.2 Å². The molecule has 2 N–H and O–H groups in total. The fourth-order valence-corrected chi connectivity index (χ4v) is 5.88. The van der Waals surface area contributed by atoms with Crippen molar-refractivity contribution in [3.05, 3.63) is 47.1 Å². The largest absolute Gasteiger partial charge is 0.378 e. The molecule has 0 saturated carbocycles. The van der Waals surface area contributed by atoms with Crippen LogP contribution in [-0.4, -0.2) is 49.7 Å². The monoisotopic (exact) mass is 497 g/mol. The summed E-state index contributed by atoms with van der Waals surface area (Å²) in [5.74, 6) is -0.673. The SMILES string of the molecule is CCC(c1cccc(-c2nc(N3CCOCC3)sc2-c2ccnc(Cl)n2)c1F)S(N)(=O)=O. The van der Waals surface area contributed by atoms with E-state index < -0.39 is 21.1 Å². The van der Waals surface area contributed by atoms with E-state index in [-0.39, 0.29) is 22.8 Å². The highest BCUT2D eigenvalue weighted by molar-refractivity contribution is 7.89. The van der Waals surface area contributed by atoms with Gasteiger partial charge in [-0.2, -0.15) is 0 Å². The molecule has 0 aliphatic carbocycles. The van der Waals surface area contributed by atoms with Gasteiger partial charge in [-0.25, -0.2) is 32.9 Å². The van der Waals surface area contributed by atoms with Gasteiger partial charge in [0.1, 0.15) is 11.1 Å². The first kappa shape index (κ1) is 23.0. The van der Waals surface area contributed by atoms with Crippen molar-refractivity contribution in [1.29, 1.82) is 0 Å². The second-order valence-corrected chi connectivity index (χ2v) is 10.2. The third-order valence-electron chi connectivity index (χ3n) is 5.15. The molecular formula is C20H21ClFN5O3S2. The van der Waals surface area contributed by atoms with Crippen LogP contribution in [-0.2, 0) is 14.8 Å². The maximum absolute atomic E-state index is 15.7. The molecular weight excluding hydrogens is 477 g/mol. The summed E-state index contributed by atoms with van der Waals surface area (Å²) < 4.78 is 45.2. The summed E-state index contributed by atoms with van der Waals surface area (Å²) >= 11 is 7.35. The van der Waals surface area contributed by atoms with Gasteiger partial charge in [-0.1, -0.05) is 30.4 Å². The van der Waals surface area contributed by atoms with Crippen LogP contribution < -0.4 is 10.0 Å². The summed E-state index contributed by atoms with van der Waals surface area (Å²) in [5, 5.41) is 4.96. The fraction of sp³-hybridized carbons (Fsp3) is 0.350. The number of thiazole rings is 1. The second kappa shape index (κ2) is 9.36. The number of hydrogen-bond acceptors (Lipinski definition) is 8. The Hall–Kier alpha value is -2.18. The molecule has 32 heavy (non-hydrogen) atoms. The number of anilines is 1. The van der Waals surface area contributed by atoms with Gasteiger partial charge in [0, 0.05) is 30.4 Å². The molecule has 0 amide bonds. The minimum atomic E-state index is -3.99. The minimum Gasteiger partial charge on any atom is -0.378 e. The molecule has 0 spiro atoms. The molecule has 3 aromatic rings.